The number of hydrogen-bond donors (Lipinski definition) is 1. The van der Waals surface area contributed by atoms with Crippen LogP contribution in [0, 0.1) is 11.8 Å². The Hall–Kier alpha value is -2.31. The number of carbonyl (C=O) groups is 1. The van der Waals surface area contributed by atoms with E-state index < -0.39 is 18.0 Å². The van der Waals surface area contributed by atoms with Crippen LogP contribution < -0.4 is 5.32 Å². The van der Waals surface area contributed by atoms with Crippen molar-refractivity contribution >= 4 is 11.6 Å². The van der Waals surface area contributed by atoms with Gasteiger partial charge in [-0.05, 0) is 43.5 Å². The van der Waals surface area contributed by atoms with E-state index in [1.54, 1.807) is 30.5 Å². The summed E-state index contributed by atoms with van der Waals surface area (Å²) in [6.45, 7) is 0. The molecule has 128 valence electrons. The molecule has 1 fully saturated rings. The van der Waals surface area contributed by atoms with Crippen LogP contribution in [-0.4, -0.2) is 17.1 Å². The minimum atomic E-state index is -4.22. The molecule has 2 atom stereocenters. The van der Waals surface area contributed by atoms with Gasteiger partial charge in [0, 0.05) is 17.2 Å². The largest absolute Gasteiger partial charge is 0.444 e. The van der Waals surface area contributed by atoms with E-state index in [-0.39, 0.29) is 18.7 Å². The Morgan fingerprint density at radius 3 is 2.58 bits per heavy atom. The van der Waals surface area contributed by atoms with Gasteiger partial charge in [0.2, 0.25) is 5.91 Å². The number of hydrogen-bond acceptors (Lipinski definition) is 3. The molecule has 1 aromatic carbocycles. The number of amides is 1. The van der Waals surface area contributed by atoms with E-state index in [9.17, 15) is 18.0 Å². The van der Waals surface area contributed by atoms with Crippen LogP contribution in [0.2, 0.25) is 0 Å². The molecule has 3 rings (SSSR count). The molecule has 24 heavy (non-hydrogen) atoms. The van der Waals surface area contributed by atoms with Crippen molar-refractivity contribution in [2.24, 2.45) is 11.8 Å². The van der Waals surface area contributed by atoms with Gasteiger partial charge in [0.15, 0.2) is 12.2 Å². The minimum absolute atomic E-state index is 0.110. The number of rotatable bonds is 3. The van der Waals surface area contributed by atoms with Crippen molar-refractivity contribution in [1.82, 2.24) is 4.98 Å². The summed E-state index contributed by atoms with van der Waals surface area (Å²) in [6, 6.07) is 6.91. The van der Waals surface area contributed by atoms with E-state index in [0.29, 0.717) is 24.3 Å². The molecular formula is C17H17F3N2O2. The quantitative estimate of drug-likeness (QED) is 0.886. The van der Waals surface area contributed by atoms with E-state index >= 15 is 0 Å². The number of aromatic nitrogens is 1. The molecule has 1 aliphatic carbocycles. The first-order valence-electron chi connectivity index (χ1n) is 7.80. The maximum Gasteiger partial charge on any atom is 0.391 e. The summed E-state index contributed by atoms with van der Waals surface area (Å²) >= 11 is 0. The van der Waals surface area contributed by atoms with E-state index in [1.807, 2.05) is 0 Å². The molecule has 0 radical (unpaired) electrons. The summed E-state index contributed by atoms with van der Waals surface area (Å²) < 4.78 is 43.7. The molecule has 1 saturated carbocycles. The topological polar surface area (TPSA) is 55.1 Å². The summed E-state index contributed by atoms with van der Waals surface area (Å²) in [5.74, 6) is -1.72. The van der Waals surface area contributed by atoms with Crippen molar-refractivity contribution in [2.45, 2.75) is 31.9 Å². The standard InChI is InChI=1S/C17H17F3N2O2/c18-17(19,20)13-3-1-2-12(8-13)16(23)22-14-6-4-11(5-7-14)15-9-21-10-24-15/h4-7,9-10,12-13H,1-3,8H2,(H,22,23). The van der Waals surface area contributed by atoms with E-state index in [4.69, 9.17) is 4.42 Å². The van der Waals surface area contributed by atoms with Gasteiger partial charge in [-0.2, -0.15) is 13.2 Å². The Kier molecular flexibility index (Phi) is 4.59. The summed E-state index contributed by atoms with van der Waals surface area (Å²) in [7, 11) is 0. The van der Waals surface area contributed by atoms with Crippen LogP contribution >= 0.6 is 0 Å². The SMILES string of the molecule is O=C(Nc1ccc(-c2cnco2)cc1)C1CCCC(C(F)(F)F)C1. The molecule has 0 bridgehead atoms. The number of nitrogens with one attached hydrogen (secondary N) is 1. The number of alkyl halides is 3. The molecule has 1 N–H and O–H groups in total. The Bertz CT molecular complexity index is 681. The fourth-order valence-corrected chi connectivity index (χ4v) is 3.05. The monoisotopic (exact) mass is 338 g/mol. The molecule has 4 nitrogen and oxygen atoms in total. The third-order valence-corrected chi connectivity index (χ3v) is 4.38. The highest BCUT2D eigenvalue weighted by Crippen LogP contribution is 2.40. The van der Waals surface area contributed by atoms with Crippen LogP contribution in [0.1, 0.15) is 25.7 Å². The second-order valence-electron chi connectivity index (χ2n) is 6.03. The maximum absolute atomic E-state index is 12.8. The first-order chi connectivity index (χ1) is 11.4. The highest BCUT2D eigenvalue weighted by atomic mass is 19.4. The van der Waals surface area contributed by atoms with Gasteiger partial charge in [-0.15, -0.1) is 0 Å². The average Bonchev–Trinajstić information content (AvgIpc) is 3.09. The number of nitrogens with zero attached hydrogens (tertiary/aromatic N) is 1. The van der Waals surface area contributed by atoms with Gasteiger partial charge in [-0.25, -0.2) is 4.98 Å². The fraction of sp³-hybridized carbons (Fsp3) is 0.412. The van der Waals surface area contributed by atoms with Gasteiger partial charge in [0.05, 0.1) is 12.1 Å². The van der Waals surface area contributed by atoms with Crippen LogP contribution in [0.25, 0.3) is 11.3 Å². The van der Waals surface area contributed by atoms with Crippen molar-refractivity contribution < 1.29 is 22.4 Å². The van der Waals surface area contributed by atoms with Gasteiger partial charge >= 0.3 is 6.18 Å². The lowest BCUT2D eigenvalue weighted by molar-refractivity contribution is -0.185. The van der Waals surface area contributed by atoms with E-state index in [2.05, 4.69) is 10.3 Å². The zero-order valence-corrected chi connectivity index (χ0v) is 12.8. The van der Waals surface area contributed by atoms with Crippen molar-refractivity contribution in [2.75, 3.05) is 5.32 Å². The zero-order chi connectivity index (χ0) is 17.2. The maximum atomic E-state index is 12.8. The summed E-state index contributed by atoms with van der Waals surface area (Å²) in [5, 5.41) is 2.70. The first-order valence-corrected chi connectivity index (χ1v) is 7.80. The lowest BCUT2D eigenvalue weighted by Crippen LogP contribution is -2.34. The highest BCUT2D eigenvalue weighted by Gasteiger charge is 2.43. The Morgan fingerprint density at radius 2 is 1.96 bits per heavy atom. The number of benzene rings is 1. The summed E-state index contributed by atoms with van der Waals surface area (Å²) in [5.41, 5.74) is 1.36. The van der Waals surface area contributed by atoms with Crippen LogP contribution in [0.4, 0.5) is 18.9 Å². The van der Waals surface area contributed by atoms with Crippen molar-refractivity contribution in [3.8, 4) is 11.3 Å². The number of carbonyl (C=O) groups excluding carboxylic acids is 1. The summed E-state index contributed by atoms with van der Waals surface area (Å²) in [6.07, 6.45) is -0.429. The molecule has 1 amide bonds. The Balaban J connectivity index is 1.62. The second-order valence-corrected chi connectivity index (χ2v) is 6.03. The molecule has 2 aromatic rings. The molecular weight excluding hydrogens is 321 g/mol. The number of anilines is 1. The smallest absolute Gasteiger partial charge is 0.391 e. The predicted octanol–water partition coefficient (Wildman–Crippen LogP) is 4.65. The van der Waals surface area contributed by atoms with Crippen LogP contribution in [0.5, 0.6) is 0 Å². The zero-order valence-electron chi connectivity index (χ0n) is 12.8. The molecule has 2 unspecified atom stereocenters. The molecule has 7 heteroatoms. The van der Waals surface area contributed by atoms with Gasteiger partial charge in [-0.1, -0.05) is 6.42 Å². The average molecular weight is 338 g/mol. The fourth-order valence-electron chi connectivity index (χ4n) is 3.05. The molecule has 1 aromatic heterocycles. The van der Waals surface area contributed by atoms with Gasteiger partial charge < -0.3 is 9.73 Å². The molecule has 1 heterocycles. The minimum Gasteiger partial charge on any atom is -0.444 e. The second kappa shape index (κ2) is 6.67. The lowest BCUT2D eigenvalue weighted by Gasteiger charge is -2.29. The predicted molar refractivity (Wildman–Crippen MR) is 82.1 cm³/mol. The van der Waals surface area contributed by atoms with Gasteiger partial charge in [0.1, 0.15) is 0 Å². The molecule has 0 saturated heterocycles. The van der Waals surface area contributed by atoms with Crippen molar-refractivity contribution in [1.29, 1.82) is 0 Å². The van der Waals surface area contributed by atoms with Gasteiger partial charge in [-0.3, -0.25) is 4.79 Å². The lowest BCUT2D eigenvalue weighted by atomic mass is 9.80. The van der Waals surface area contributed by atoms with Gasteiger partial charge in [0.25, 0.3) is 0 Å². The van der Waals surface area contributed by atoms with Crippen LogP contribution in [-0.2, 0) is 4.79 Å². The Morgan fingerprint density at radius 1 is 1.21 bits per heavy atom. The Labute approximate surface area is 137 Å². The normalized spacial score (nSPS) is 21.5. The van der Waals surface area contributed by atoms with Crippen LogP contribution in [0.3, 0.4) is 0 Å². The first kappa shape index (κ1) is 16.5. The number of halogens is 3. The van der Waals surface area contributed by atoms with E-state index in [0.717, 1.165) is 5.56 Å². The summed E-state index contributed by atoms with van der Waals surface area (Å²) in [4.78, 5) is 16.1. The van der Waals surface area contributed by atoms with Crippen molar-refractivity contribution in [3.05, 3.63) is 36.9 Å². The van der Waals surface area contributed by atoms with Crippen molar-refractivity contribution in [3.63, 3.8) is 0 Å². The highest BCUT2D eigenvalue weighted by molar-refractivity contribution is 5.92. The number of oxazole rings is 1. The molecule has 0 aliphatic heterocycles. The van der Waals surface area contributed by atoms with E-state index in [1.165, 1.54) is 6.39 Å². The molecule has 1 aliphatic rings. The third kappa shape index (κ3) is 3.77. The molecule has 0 spiro atoms. The van der Waals surface area contributed by atoms with Crippen LogP contribution in [0.15, 0.2) is 41.3 Å². The third-order valence-electron chi connectivity index (χ3n) is 4.38.